The van der Waals surface area contributed by atoms with Crippen molar-refractivity contribution in [2.75, 3.05) is 50.0 Å². The number of hydrogen-bond acceptors (Lipinski definition) is 6. The highest BCUT2D eigenvalue weighted by atomic mass is 16.5. The highest BCUT2D eigenvalue weighted by molar-refractivity contribution is 6.12. The maximum Gasteiger partial charge on any atom is 0.195 e. The number of anilines is 3. The average Bonchev–Trinajstić information content (AvgIpc) is 2.83. The number of ether oxygens (including phenoxy) is 1. The van der Waals surface area contributed by atoms with Gasteiger partial charge in [0.2, 0.25) is 0 Å². The number of morpholine rings is 1. The number of hydrogen-bond donors (Lipinski definition) is 1. The number of pyridine rings is 1. The summed E-state index contributed by atoms with van der Waals surface area (Å²) in [7, 11) is 0. The van der Waals surface area contributed by atoms with Gasteiger partial charge in [0.05, 0.1) is 24.6 Å². The van der Waals surface area contributed by atoms with Crippen LogP contribution in [-0.4, -0.2) is 55.1 Å². The zero-order valence-electron chi connectivity index (χ0n) is 17.6. The van der Waals surface area contributed by atoms with Crippen LogP contribution < -0.4 is 10.6 Å². The van der Waals surface area contributed by atoms with Crippen molar-refractivity contribution < 1.29 is 9.53 Å². The fourth-order valence-electron chi connectivity index (χ4n) is 3.90. The zero-order chi connectivity index (χ0) is 21.5. The van der Waals surface area contributed by atoms with E-state index in [1.165, 1.54) is 0 Å². The Bertz CT molecular complexity index is 1000. The second kappa shape index (κ2) is 10.2. The van der Waals surface area contributed by atoms with Crippen molar-refractivity contribution in [3.63, 3.8) is 0 Å². The second-order valence-corrected chi connectivity index (χ2v) is 7.59. The summed E-state index contributed by atoms with van der Waals surface area (Å²) in [4.78, 5) is 22.3. The smallest absolute Gasteiger partial charge is 0.195 e. The molecule has 0 radical (unpaired) electrons. The zero-order valence-corrected chi connectivity index (χ0v) is 17.6. The van der Waals surface area contributed by atoms with Crippen LogP contribution in [0.2, 0.25) is 0 Å². The summed E-state index contributed by atoms with van der Waals surface area (Å²) < 4.78 is 5.45. The minimum absolute atomic E-state index is 0.0103. The first-order chi connectivity index (χ1) is 15.2. The summed E-state index contributed by atoms with van der Waals surface area (Å²) in [5, 5.41) is 0. The lowest BCUT2D eigenvalue weighted by atomic mass is 10.0. The van der Waals surface area contributed by atoms with Crippen molar-refractivity contribution in [2.24, 2.45) is 0 Å². The van der Waals surface area contributed by atoms with E-state index in [0.717, 1.165) is 45.0 Å². The lowest BCUT2D eigenvalue weighted by molar-refractivity contribution is 0.0377. The summed E-state index contributed by atoms with van der Waals surface area (Å²) in [5.74, 6) is 0.668. The fraction of sp³-hybridized carbons (Fsp3) is 0.280. The van der Waals surface area contributed by atoms with E-state index in [2.05, 4.69) is 14.8 Å². The van der Waals surface area contributed by atoms with E-state index in [1.54, 1.807) is 6.20 Å². The predicted molar refractivity (Wildman–Crippen MR) is 124 cm³/mol. The van der Waals surface area contributed by atoms with E-state index in [4.69, 9.17) is 10.5 Å². The Morgan fingerprint density at radius 2 is 1.74 bits per heavy atom. The van der Waals surface area contributed by atoms with E-state index >= 15 is 0 Å². The molecule has 0 saturated carbocycles. The van der Waals surface area contributed by atoms with Crippen LogP contribution in [0.3, 0.4) is 0 Å². The molecule has 31 heavy (non-hydrogen) atoms. The predicted octanol–water partition coefficient (Wildman–Crippen LogP) is 3.76. The molecule has 3 aromatic rings. The third-order valence-corrected chi connectivity index (χ3v) is 5.51. The van der Waals surface area contributed by atoms with Crippen LogP contribution in [-0.2, 0) is 4.74 Å². The number of ketones is 1. The number of carbonyl (C=O) groups is 1. The summed E-state index contributed by atoms with van der Waals surface area (Å²) in [6, 6.07) is 20.7. The Morgan fingerprint density at radius 3 is 2.52 bits per heavy atom. The van der Waals surface area contributed by atoms with Gasteiger partial charge in [-0.3, -0.25) is 9.69 Å². The number of aromatic nitrogens is 1. The Morgan fingerprint density at radius 1 is 1.00 bits per heavy atom. The molecule has 0 aliphatic carbocycles. The monoisotopic (exact) mass is 416 g/mol. The van der Waals surface area contributed by atoms with Gasteiger partial charge < -0.3 is 15.4 Å². The molecule has 2 aromatic carbocycles. The van der Waals surface area contributed by atoms with Gasteiger partial charge in [-0.1, -0.05) is 42.5 Å². The Kier molecular flexibility index (Phi) is 6.92. The van der Waals surface area contributed by atoms with Crippen LogP contribution in [0.1, 0.15) is 22.3 Å². The molecule has 1 aromatic heterocycles. The van der Waals surface area contributed by atoms with E-state index in [-0.39, 0.29) is 5.78 Å². The van der Waals surface area contributed by atoms with Gasteiger partial charge in [0.25, 0.3) is 0 Å². The van der Waals surface area contributed by atoms with Crippen LogP contribution >= 0.6 is 0 Å². The maximum atomic E-state index is 13.3. The van der Waals surface area contributed by atoms with Gasteiger partial charge in [-0.05, 0) is 30.7 Å². The molecule has 6 nitrogen and oxygen atoms in total. The van der Waals surface area contributed by atoms with Crippen LogP contribution in [0.15, 0.2) is 72.9 Å². The molecule has 160 valence electrons. The minimum Gasteiger partial charge on any atom is -0.396 e. The maximum absolute atomic E-state index is 13.3. The van der Waals surface area contributed by atoms with E-state index in [9.17, 15) is 4.79 Å². The fourth-order valence-corrected chi connectivity index (χ4v) is 3.90. The molecule has 0 bridgehead atoms. The highest BCUT2D eigenvalue weighted by Gasteiger charge is 2.21. The Hall–Kier alpha value is -3.22. The van der Waals surface area contributed by atoms with Gasteiger partial charge in [0, 0.05) is 43.5 Å². The van der Waals surface area contributed by atoms with Crippen molar-refractivity contribution >= 4 is 23.0 Å². The Labute approximate surface area is 183 Å². The van der Waals surface area contributed by atoms with E-state index in [0.29, 0.717) is 29.2 Å². The number of nitrogen functional groups attached to an aromatic ring is 1. The summed E-state index contributed by atoms with van der Waals surface area (Å²) >= 11 is 0. The van der Waals surface area contributed by atoms with Gasteiger partial charge in [0.15, 0.2) is 11.6 Å². The van der Waals surface area contributed by atoms with Crippen molar-refractivity contribution in [2.45, 2.75) is 6.42 Å². The van der Waals surface area contributed by atoms with Gasteiger partial charge in [-0.15, -0.1) is 0 Å². The molecule has 1 aliphatic heterocycles. The molecule has 2 N–H and O–H groups in total. The number of nitrogens with two attached hydrogens (primary N) is 1. The van der Waals surface area contributed by atoms with Gasteiger partial charge in [0.1, 0.15) is 0 Å². The van der Waals surface area contributed by atoms with Gasteiger partial charge >= 0.3 is 0 Å². The number of carbonyl (C=O) groups excluding carboxylic acids is 1. The molecule has 1 saturated heterocycles. The lowest BCUT2D eigenvalue weighted by Gasteiger charge is -2.30. The third kappa shape index (κ3) is 5.10. The molecular formula is C25H28N4O2. The third-order valence-electron chi connectivity index (χ3n) is 5.51. The molecule has 2 heterocycles. The first-order valence-electron chi connectivity index (χ1n) is 10.7. The summed E-state index contributed by atoms with van der Waals surface area (Å²) in [6.07, 6.45) is 2.66. The van der Waals surface area contributed by atoms with Crippen LogP contribution in [0.5, 0.6) is 0 Å². The molecule has 0 atom stereocenters. The molecule has 0 amide bonds. The molecule has 0 unspecified atom stereocenters. The molecular weight excluding hydrogens is 388 g/mol. The Balaban J connectivity index is 1.64. The molecule has 1 fully saturated rings. The standard InChI is InChI=1S/C25H28N4O2/c26-22-11-6-13-27-25(22)29(15-7-14-28-16-18-31-19-17-28)23-12-5-4-10-21(23)24(30)20-8-2-1-3-9-20/h1-6,8-13H,7,14-19,26H2. The number of benzene rings is 2. The minimum atomic E-state index is -0.0103. The number of nitrogens with zero attached hydrogens (tertiary/aromatic N) is 3. The summed E-state index contributed by atoms with van der Waals surface area (Å²) in [5.41, 5.74) is 9.02. The van der Waals surface area contributed by atoms with Crippen molar-refractivity contribution in [1.82, 2.24) is 9.88 Å². The number of para-hydroxylation sites is 1. The molecule has 1 aliphatic rings. The highest BCUT2D eigenvalue weighted by Crippen LogP contribution is 2.32. The largest absolute Gasteiger partial charge is 0.396 e. The number of rotatable bonds is 8. The summed E-state index contributed by atoms with van der Waals surface area (Å²) in [6.45, 7) is 5.14. The average molecular weight is 417 g/mol. The second-order valence-electron chi connectivity index (χ2n) is 7.59. The van der Waals surface area contributed by atoms with E-state index < -0.39 is 0 Å². The van der Waals surface area contributed by atoms with Gasteiger partial charge in [-0.25, -0.2) is 4.98 Å². The van der Waals surface area contributed by atoms with Crippen LogP contribution in [0.25, 0.3) is 0 Å². The van der Waals surface area contributed by atoms with Crippen LogP contribution in [0, 0.1) is 0 Å². The quantitative estimate of drug-likeness (QED) is 0.564. The van der Waals surface area contributed by atoms with Crippen LogP contribution in [0.4, 0.5) is 17.2 Å². The van der Waals surface area contributed by atoms with E-state index in [1.807, 2.05) is 66.7 Å². The van der Waals surface area contributed by atoms with Crippen molar-refractivity contribution in [3.8, 4) is 0 Å². The topological polar surface area (TPSA) is 71.7 Å². The molecule has 0 spiro atoms. The first-order valence-corrected chi connectivity index (χ1v) is 10.7. The van der Waals surface area contributed by atoms with Gasteiger partial charge in [-0.2, -0.15) is 0 Å². The van der Waals surface area contributed by atoms with Crippen molar-refractivity contribution in [1.29, 1.82) is 0 Å². The first kappa shape index (κ1) is 21.0. The SMILES string of the molecule is Nc1cccnc1N(CCCN1CCOCC1)c1ccccc1C(=O)c1ccccc1. The lowest BCUT2D eigenvalue weighted by Crippen LogP contribution is -2.38. The van der Waals surface area contributed by atoms with Crippen molar-refractivity contribution in [3.05, 3.63) is 84.1 Å². The normalized spacial score (nSPS) is 14.3. The molecule has 4 rings (SSSR count). The molecule has 6 heteroatoms.